The normalized spacial score (nSPS) is 23.2. The molecule has 0 spiro atoms. The van der Waals surface area contributed by atoms with Gasteiger partial charge in [0.15, 0.2) is 0 Å². The number of rotatable bonds is 1. The van der Waals surface area contributed by atoms with Crippen molar-refractivity contribution in [3.63, 3.8) is 0 Å². The van der Waals surface area contributed by atoms with Crippen molar-refractivity contribution < 1.29 is 9.90 Å². The van der Waals surface area contributed by atoms with E-state index in [1.807, 2.05) is 18.2 Å². The number of thioether (sulfide) groups is 1. The molecule has 0 aromatic heterocycles. The van der Waals surface area contributed by atoms with Gasteiger partial charge in [-0.1, -0.05) is 32.0 Å². The Bertz CT molecular complexity index is 398. The van der Waals surface area contributed by atoms with Crippen molar-refractivity contribution in [1.82, 2.24) is 0 Å². The van der Waals surface area contributed by atoms with Crippen molar-refractivity contribution in [2.24, 2.45) is 0 Å². The molecule has 0 amide bonds. The van der Waals surface area contributed by atoms with Crippen molar-refractivity contribution in [2.75, 3.05) is 0 Å². The Morgan fingerprint density at radius 1 is 1.47 bits per heavy atom. The van der Waals surface area contributed by atoms with Crippen molar-refractivity contribution in [1.29, 1.82) is 0 Å². The zero-order valence-corrected chi connectivity index (χ0v) is 9.67. The zero-order valence-electron chi connectivity index (χ0n) is 8.86. The molecule has 0 saturated carbocycles. The van der Waals surface area contributed by atoms with Gasteiger partial charge in [-0.2, -0.15) is 0 Å². The molecule has 2 nitrogen and oxygen atoms in total. The van der Waals surface area contributed by atoms with Crippen molar-refractivity contribution in [3.8, 4) is 0 Å². The first kappa shape index (κ1) is 10.6. The summed E-state index contributed by atoms with van der Waals surface area (Å²) in [5.74, 6) is -0.706. The van der Waals surface area contributed by atoms with Gasteiger partial charge in [-0.05, 0) is 23.5 Å². The standard InChI is InChI=1S/C12H14O2S/c1-12(2)7-10(11(13)14)15-9-6-4-3-5-8(9)12/h3-6,10H,7H2,1-2H3,(H,13,14). The van der Waals surface area contributed by atoms with Crippen molar-refractivity contribution in [3.05, 3.63) is 29.8 Å². The largest absolute Gasteiger partial charge is 0.480 e. The van der Waals surface area contributed by atoms with Gasteiger partial charge in [0.05, 0.1) is 0 Å². The maximum absolute atomic E-state index is 11.0. The van der Waals surface area contributed by atoms with E-state index < -0.39 is 5.97 Å². The molecular weight excluding hydrogens is 208 g/mol. The molecule has 1 unspecified atom stereocenters. The van der Waals surface area contributed by atoms with Crippen molar-refractivity contribution in [2.45, 2.75) is 35.8 Å². The summed E-state index contributed by atoms with van der Waals surface area (Å²) in [4.78, 5) is 12.1. The topological polar surface area (TPSA) is 37.3 Å². The molecule has 0 bridgehead atoms. The van der Waals surface area contributed by atoms with Crippen LogP contribution in [0.4, 0.5) is 0 Å². The Kier molecular flexibility index (Phi) is 2.51. The minimum atomic E-state index is -0.706. The molecule has 1 heterocycles. The van der Waals surface area contributed by atoms with Crippen molar-refractivity contribution >= 4 is 17.7 Å². The fraction of sp³-hybridized carbons (Fsp3) is 0.417. The second kappa shape index (κ2) is 3.56. The van der Waals surface area contributed by atoms with E-state index in [1.54, 1.807) is 0 Å². The summed E-state index contributed by atoms with van der Waals surface area (Å²) in [5, 5.41) is 8.76. The van der Waals surface area contributed by atoms with Gasteiger partial charge in [0.25, 0.3) is 0 Å². The van der Waals surface area contributed by atoms with Gasteiger partial charge in [0, 0.05) is 4.90 Å². The summed E-state index contributed by atoms with van der Waals surface area (Å²) in [6, 6.07) is 8.09. The molecule has 3 heteroatoms. The molecule has 0 saturated heterocycles. The third-order valence-electron chi connectivity index (χ3n) is 2.86. The third-order valence-corrected chi connectivity index (χ3v) is 4.12. The van der Waals surface area contributed by atoms with Crippen LogP contribution < -0.4 is 0 Å². The highest BCUT2D eigenvalue weighted by atomic mass is 32.2. The van der Waals surface area contributed by atoms with E-state index in [0.717, 1.165) is 4.90 Å². The van der Waals surface area contributed by atoms with E-state index in [4.69, 9.17) is 5.11 Å². The van der Waals surface area contributed by atoms with Gasteiger partial charge in [-0.3, -0.25) is 4.79 Å². The van der Waals surface area contributed by atoms with Gasteiger partial charge in [0.1, 0.15) is 5.25 Å². The third kappa shape index (κ3) is 1.88. The lowest BCUT2D eigenvalue weighted by Crippen LogP contribution is -2.32. The molecule has 0 aliphatic carbocycles. The van der Waals surface area contributed by atoms with Crippen LogP contribution in [0.25, 0.3) is 0 Å². The van der Waals surface area contributed by atoms with Crippen LogP contribution in [0.15, 0.2) is 29.2 Å². The lowest BCUT2D eigenvalue weighted by atomic mass is 9.80. The first-order valence-electron chi connectivity index (χ1n) is 5.00. The molecule has 0 fully saturated rings. The lowest BCUT2D eigenvalue weighted by Gasteiger charge is -2.35. The molecular formula is C12H14O2S. The predicted molar refractivity (Wildman–Crippen MR) is 61.4 cm³/mol. The van der Waals surface area contributed by atoms with Crippen LogP contribution in [0, 0.1) is 0 Å². The summed E-state index contributed by atoms with van der Waals surface area (Å²) in [7, 11) is 0. The minimum absolute atomic E-state index is 0.0368. The fourth-order valence-corrected chi connectivity index (χ4v) is 3.57. The quantitative estimate of drug-likeness (QED) is 0.793. The average molecular weight is 222 g/mol. The van der Waals surface area contributed by atoms with E-state index >= 15 is 0 Å². The number of hydrogen-bond acceptors (Lipinski definition) is 2. The first-order chi connectivity index (χ1) is 7.00. The average Bonchev–Trinajstić information content (AvgIpc) is 2.16. The summed E-state index contributed by atoms with van der Waals surface area (Å²) in [6.45, 7) is 4.23. The Morgan fingerprint density at radius 2 is 2.13 bits per heavy atom. The van der Waals surface area contributed by atoms with Crippen LogP contribution in [-0.4, -0.2) is 16.3 Å². The number of fused-ring (bicyclic) bond motifs is 1. The fourth-order valence-electron chi connectivity index (χ4n) is 2.03. The van der Waals surface area contributed by atoms with Gasteiger partial charge in [-0.25, -0.2) is 0 Å². The Labute approximate surface area is 93.7 Å². The predicted octanol–water partition coefficient (Wildman–Crippen LogP) is 2.91. The van der Waals surface area contributed by atoms with Crippen LogP contribution in [-0.2, 0) is 10.2 Å². The molecule has 1 aromatic rings. The number of carboxylic acids is 1. The molecule has 2 rings (SSSR count). The summed E-state index contributed by atoms with van der Waals surface area (Å²) >= 11 is 1.47. The van der Waals surface area contributed by atoms with E-state index in [9.17, 15) is 4.79 Å². The highest BCUT2D eigenvalue weighted by molar-refractivity contribution is 8.00. The first-order valence-corrected chi connectivity index (χ1v) is 5.88. The maximum atomic E-state index is 11.0. The number of aliphatic carboxylic acids is 1. The smallest absolute Gasteiger partial charge is 0.317 e. The molecule has 1 N–H and O–H groups in total. The van der Waals surface area contributed by atoms with Gasteiger partial charge in [-0.15, -0.1) is 11.8 Å². The molecule has 80 valence electrons. The molecule has 1 aromatic carbocycles. The molecule has 1 aliphatic heterocycles. The monoisotopic (exact) mass is 222 g/mol. The van der Waals surface area contributed by atoms with Crippen LogP contribution in [0.2, 0.25) is 0 Å². The molecule has 1 atom stereocenters. The van der Waals surface area contributed by atoms with E-state index in [1.165, 1.54) is 17.3 Å². The highest BCUT2D eigenvalue weighted by Crippen LogP contribution is 2.45. The Hall–Kier alpha value is -0.960. The van der Waals surface area contributed by atoms with Crippen LogP contribution in [0.3, 0.4) is 0 Å². The maximum Gasteiger partial charge on any atom is 0.317 e. The second-order valence-corrected chi connectivity index (χ2v) is 5.77. The second-order valence-electron chi connectivity index (χ2n) is 4.53. The van der Waals surface area contributed by atoms with Crippen LogP contribution in [0.1, 0.15) is 25.8 Å². The molecule has 0 radical (unpaired) electrons. The zero-order chi connectivity index (χ0) is 11.1. The summed E-state index contributed by atoms with van der Waals surface area (Å²) in [5.41, 5.74) is 1.23. The number of benzene rings is 1. The summed E-state index contributed by atoms with van der Waals surface area (Å²) in [6.07, 6.45) is 0.698. The van der Waals surface area contributed by atoms with Crippen LogP contribution >= 0.6 is 11.8 Å². The minimum Gasteiger partial charge on any atom is -0.480 e. The van der Waals surface area contributed by atoms with E-state index in [0.29, 0.717) is 6.42 Å². The van der Waals surface area contributed by atoms with Crippen LogP contribution in [0.5, 0.6) is 0 Å². The number of carbonyl (C=O) groups is 1. The van der Waals surface area contributed by atoms with Gasteiger partial charge in [0.2, 0.25) is 0 Å². The summed E-state index contributed by atoms with van der Waals surface area (Å²) < 4.78 is 0. The van der Waals surface area contributed by atoms with Gasteiger partial charge >= 0.3 is 5.97 Å². The Morgan fingerprint density at radius 3 is 2.80 bits per heavy atom. The van der Waals surface area contributed by atoms with Gasteiger partial charge < -0.3 is 5.11 Å². The molecule has 1 aliphatic rings. The molecule has 15 heavy (non-hydrogen) atoms. The Balaban J connectivity index is 2.43. The number of carboxylic acid groups (broad SMARTS) is 1. The number of hydrogen-bond donors (Lipinski definition) is 1. The highest BCUT2D eigenvalue weighted by Gasteiger charge is 2.36. The van der Waals surface area contributed by atoms with E-state index in [-0.39, 0.29) is 10.7 Å². The van der Waals surface area contributed by atoms with E-state index in [2.05, 4.69) is 19.9 Å². The SMILES string of the molecule is CC1(C)CC(C(=O)O)Sc2ccccc21. The lowest BCUT2D eigenvalue weighted by molar-refractivity contribution is -0.136.